The number of hydrogen-bond donors (Lipinski definition) is 9. The third-order valence-electron chi connectivity index (χ3n) is 8.03. The zero-order valence-electron chi connectivity index (χ0n) is 30.5. The van der Waals surface area contributed by atoms with E-state index in [-0.39, 0.29) is 52.6 Å². The van der Waals surface area contributed by atoms with E-state index in [0.717, 1.165) is 11.1 Å². The number of nitrogens with one attached hydrogen (secondary N) is 2. The molecule has 2 aromatic rings. The molecule has 0 spiro atoms. The van der Waals surface area contributed by atoms with Gasteiger partial charge in [0.1, 0.15) is 0 Å². The van der Waals surface area contributed by atoms with Crippen LogP contribution in [0, 0.1) is 0 Å². The topological polar surface area (TPSA) is 279 Å². The first-order valence-corrected chi connectivity index (χ1v) is 17.5. The Morgan fingerprint density at radius 1 is 0.564 bits per heavy atom. The number of hydrogen-bond acceptors (Lipinski definition) is 14. The van der Waals surface area contributed by atoms with Crippen LogP contribution in [-0.4, -0.2) is 190 Å². The highest BCUT2D eigenvalue weighted by molar-refractivity contribution is 5.79. The van der Waals surface area contributed by atoms with E-state index >= 15 is 0 Å². The second-order valence-corrected chi connectivity index (χ2v) is 12.8. The number of nitrogens with zero attached hydrogens (tertiary/aromatic N) is 3. The quantitative estimate of drug-likeness (QED) is 0.0389. The molecular weight excluding hydrogens is 726 g/mol. The van der Waals surface area contributed by atoms with Crippen molar-refractivity contribution in [3.05, 3.63) is 71.8 Å². The van der Waals surface area contributed by atoms with Gasteiger partial charge in [-0.15, -0.1) is 0 Å². The van der Waals surface area contributed by atoms with Gasteiger partial charge in [-0.3, -0.25) is 38.7 Å². The van der Waals surface area contributed by atoms with Crippen LogP contribution in [0.4, 0.5) is 0 Å². The van der Waals surface area contributed by atoms with Gasteiger partial charge < -0.3 is 55.9 Å². The summed E-state index contributed by atoms with van der Waals surface area (Å²) in [7, 11) is 0. The van der Waals surface area contributed by atoms with Crippen LogP contribution in [0.2, 0.25) is 0 Å². The van der Waals surface area contributed by atoms with Gasteiger partial charge in [0.25, 0.3) is 0 Å². The molecule has 9 N–H and O–H groups in total. The molecule has 0 saturated heterocycles. The number of amides is 2. The number of rotatable bonds is 30. The van der Waals surface area contributed by atoms with E-state index in [9.17, 15) is 49.5 Å². The third kappa shape index (κ3) is 20.6. The number of carboxylic acid groups (broad SMARTS) is 3. The number of carbonyl (C=O) groups is 5. The van der Waals surface area contributed by atoms with Crippen LogP contribution >= 0.6 is 0 Å². The number of carbonyl (C=O) groups excluding carboxylic acids is 2. The maximum Gasteiger partial charge on any atom is 0.317 e. The van der Waals surface area contributed by atoms with E-state index in [0.29, 0.717) is 0 Å². The predicted molar refractivity (Wildman–Crippen MR) is 194 cm³/mol. The smallest absolute Gasteiger partial charge is 0.317 e. The Hall–Kier alpha value is -4.57. The molecule has 2 amide bonds. The van der Waals surface area contributed by atoms with Gasteiger partial charge in [-0.2, -0.15) is 0 Å². The SMILES string of the molecule is O=C(O)CN(CC(COCc1ccccc1)N(CC(=O)O)CC(=O)NCC(O)CO)CC(COCc1ccccc1)N(CC(=O)O)CC(=O)NCC(O)CO. The summed E-state index contributed by atoms with van der Waals surface area (Å²) < 4.78 is 11.9. The Balaban J connectivity index is 2.47. The van der Waals surface area contributed by atoms with Crippen LogP contribution in [0.3, 0.4) is 0 Å². The van der Waals surface area contributed by atoms with E-state index in [1.54, 1.807) is 48.5 Å². The fourth-order valence-electron chi connectivity index (χ4n) is 5.36. The van der Waals surface area contributed by atoms with Crippen LogP contribution in [0.15, 0.2) is 60.7 Å². The van der Waals surface area contributed by atoms with Gasteiger partial charge >= 0.3 is 17.9 Å². The van der Waals surface area contributed by atoms with Crippen molar-refractivity contribution < 1.29 is 69.2 Å². The van der Waals surface area contributed by atoms with Crippen molar-refractivity contribution in [1.82, 2.24) is 25.3 Å². The molecule has 306 valence electrons. The number of aliphatic hydroxyl groups is 4. The van der Waals surface area contributed by atoms with Crippen LogP contribution in [-0.2, 0) is 46.7 Å². The molecule has 0 aromatic heterocycles. The van der Waals surface area contributed by atoms with Gasteiger partial charge in [0.15, 0.2) is 0 Å². The summed E-state index contributed by atoms with van der Waals surface area (Å²) in [6.07, 6.45) is -2.52. The van der Waals surface area contributed by atoms with Crippen molar-refractivity contribution in [1.29, 1.82) is 0 Å². The summed E-state index contributed by atoms with van der Waals surface area (Å²) in [5.41, 5.74) is 1.57. The van der Waals surface area contributed by atoms with Crippen LogP contribution in [0.1, 0.15) is 11.1 Å². The molecule has 2 rings (SSSR count). The standard InChI is InChI=1S/C36H53N5O14/c42-20-30(44)11-37-32(46)15-40(18-35(50)51)28(24-54-22-26-7-3-1-4-8-26)13-39(17-34(48)49)14-29(25-55-23-27-9-5-2-6-10-27)41(19-36(52)53)16-33(47)38-12-31(45)21-43/h1-10,28-31,42-45H,11-25H2,(H,37,46)(H,38,47)(H,48,49)(H,50,51)(H,52,53). The van der Waals surface area contributed by atoms with Gasteiger partial charge in [0.05, 0.1) is 84.6 Å². The molecule has 0 saturated carbocycles. The summed E-state index contributed by atoms with van der Waals surface area (Å²) in [6.45, 7) is -5.50. The summed E-state index contributed by atoms with van der Waals surface area (Å²) in [6, 6.07) is 16.1. The van der Waals surface area contributed by atoms with Crippen LogP contribution in [0.5, 0.6) is 0 Å². The van der Waals surface area contributed by atoms with Crippen molar-refractivity contribution in [2.75, 3.05) is 85.3 Å². The lowest BCUT2D eigenvalue weighted by molar-refractivity contribution is -0.143. The van der Waals surface area contributed by atoms with E-state index in [1.807, 2.05) is 12.1 Å². The highest BCUT2D eigenvalue weighted by Gasteiger charge is 2.31. The maximum atomic E-state index is 12.9. The molecule has 2 aromatic carbocycles. The normalized spacial score (nSPS) is 13.7. The lowest BCUT2D eigenvalue weighted by Gasteiger charge is -2.37. The second-order valence-electron chi connectivity index (χ2n) is 12.8. The van der Waals surface area contributed by atoms with Crippen molar-refractivity contribution in [3.8, 4) is 0 Å². The first-order chi connectivity index (χ1) is 26.3. The molecule has 0 bridgehead atoms. The summed E-state index contributed by atoms with van der Waals surface area (Å²) in [5, 5.41) is 72.1. The molecule has 0 aliphatic heterocycles. The summed E-state index contributed by atoms with van der Waals surface area (Å²) in [4.78, 5) is 66.1. The largest absolute Gasteiger partial charge is 0.480 e. The van der Waals surface area contributed by atoms with Crippen molar-refractivity contribution in [3.63, 3.8) is 0 Å². The van der Waals surface area contributed by atoms with Gasteiger partial charge in [-0.05, 0) is 11.1 Å². The molecule has 0 radical (unpaired) electrons. The highest BCUT2D eigenvalue weighted by Crippen LogP contribution is 2.12. The minimum Gasteiger partial charge on any atom is -0.480 e. The van der Waals surface area contributed by atoms with Crippen LogP contribution < -0.4 is 10.6 Å². The fraction of sp³-hybridized carbons (Fsp3) is 0.528. The molecule has 19 heteroatoms. The predicted octanol–water partition coefficient (Wildman–Crippen LogP) is -2.74. The van der Waals surface area contributed by atoms with Crippen molar-refractivity contribution >= 4 is 29.7 Å². The second kappa shape index (κ2) is 26.3. The Labute approximate surface area is 318 Å². The molecule has 0 heterocycles. The maximum absolute atomic E-state index is 12.9. The zero-order valence-corrected chi connectivity index (χ0v) is 30.5. The Kier molecular flexibility index (Phi) is 22.3. The third-order valence-corrected chi connectivity index (χ3v) is 8.03. The monoisotopic (exact) mass is 779 g/mol. The molecule has 55 heavy (non-hydrogen) atoms. The number of benzene rings is 2. The minimum absolute atomic E-state index is 0.0918. The Bertz CT molecular complexity index is 1340. The molecule has 0 aliphatic carbocycles. The zero-order chi connectivity index (χ0) is 40.6. The highest BCUT2D eigenvalue weighted by atomic mass is 16.5. The van der Waals surface area contributed by atoms with Gasteiger partial charge in [-0.1, -0.05) is 60.7 Å². The van der Waals surface area contributed by atoms with Crippen molar-refractivity contribution in [2.24, 2.45) is 0 Å². The summed E-state index contributed by atoms with van der Waals surface area (Å²) >= 11 is 0. The van der Waals surface area contributed by atoms with Crippen LogP contribution in [0.25, 0.3) is 0 Å². The number of ether oxygens (including phenoxy) is 2. The number of aliphatic carboxylic acids is 3. The Morgan fingerprint density at radius 3 is 1.25 bits per heavy atom. The number of aliphatic hydroxyl groups excluding tert-OH is 4. The number of carboxylic acids is 3. The molecular formula is C36H53N5O14. The lowest BCUT2D eigenvalue weighted by Crippen LogP contribution is -2.56. The first kappa shape index (κ1) is 46.6. The first-order valence-electron chi connectivity index (χ1n) is 17.5. The molecule has 0 aliphatic rings. The van der Waals surface area contributed by atoms with E-state index in [2.05, 4.69) is 10.6 Å². The molecule has 0 fully saturated rings. The molecule has 4 unspecified atom stereocenters. The van der Waals surface area contributed by atoms with Gasteiger partial charge in [-0.25, -0.2) is 0 Å². The Morgan fingerprint density at radius 2 is 0.927 bits per heavy atom. The molecule has 19 nitrogen and oxygen atoms in total. The minimum atomic E-state index is -1.31. The lowest BCUT2D eigenvalue weighted by atomic mass is 10.1. The van der Waals surface area contributed by atoms with E-state index in [4.69, 9.17) is 19.7 Å². The molecule has 4 atom stereocenters. The van der Waals surface area contributed by atoms with Crippen molar-refractivity contribution in [2.45, 2.75) is 37.5 Å². The fourth-order valence-corrected chi connectivity index (χ4v) is 5.36. The average Bonchev–Trinajstić information content (AvgIpc) is 3.14. The van der Waals surface area contributed by atoms with Gasteiger partial charge in [0.2, 0.25) is 11.8 Å². The van der Waals surface area contributed by atoms with Gasteiger partial charge in [0, 0.05) is 38.3 Å². The summed E-state index contributed by atoms with van der Waals surface area (Å²) in [5.74, 6) is -5.28. The average molecular weight is 780 g/mol. The van der Waals surface area contributed by atoms with E-state index in [1.165, 1.54) is 14.7 Å². The van der Waals surface area contributed by atoms with E-state index < -0.39 is 100.0 Å².